The maximum Gasteiger partial charge on any atom is 0.426 e. The van der Waals surface area contributed by atoms with E-state index in [-0.39, 0.29) is 5.02 Å². The molecule has 0 aromatic carbocycles. The van der Waals surface area contributed by atoms with Gasteiger partial charge in [0.15, 0.2) is 5.82 Å². The van der Waals surface area contributed by atoms with Gasteiger partial charge in [0.1, 0.15) is 5.60 Å². The van der Waals surface area contributed by atoms with Crippen LogP contribution in [0.15, 0.2) is 28.0 Å². The highest BCUT2D eigenvalue weighted by Gasteiger charge is 2.26. The molecule has 0 unspecified atom stereocenters. The lowest BCUT2D eigenvalue weighted by Gasteiger charge is -2.25. The molecule has 1 amide bonds. The average molecular weight is 362 g/mol. The molecule has 0 bridgehead atoms. The van der Waals surface area contributed by atoms with E-state index < -0.39 is 17.6 Å². The van der Waals surface area contributed by atoms with Crippen LogP contribution in [0.25, 0.3) is 0 Å². The number of carbonyl (C=O) groups excluding carboxylic acids is 1. The highest BCUT2D eigenvalue weighted by molar-refractivity contribution is 8.01. The summed E-state index contributed by atoms with van der Waals surface area (Å²) >= 11 is 8.06. The van der Waals surface area contributed by atoms with E-state index in [9.17, 15) is 9.18 Å². The van der Waals surface area contributed by atoms with Gasteiger partial charge in [-0.05, 0) is 26.8 Å². The van der Waals surface area contributed by atoms with Crippen molar-refractivity contribution >= 4 is 46.8 Å². The summed E-state index contributed by atoms with van der Waals surface area (Å²) in [4.78, 5) is 20.5. The van der Waals surface area contributed by atoms with Crippen molar-refractivity contribution in [1.82, 2.24) is 9.97 Å². The van der Waals surface area contributed by atoms with Gasteiger partial charge >= 0.3 is 6.09 Å². The SMILES string of the molecule is CC(C)(C)OC(=O)N(Sc1cnc(F)c(Cl)c1)c1cscn1. The molecule has 2 rings (SSSR count). The van der Waals surface area contributed by atoms with E-state index in [1.165, 1.54) is 27.9 Å². The average Bonchev–Trinajstić information content (AvgIpc) is 2.91. The Morgan fingerprint density at radius 2 is 2.18 bits per heavy atom. The van der Waals surface area contributed by atoms with Gasteiger partial charge in [-0.25, -0.2) is 14.8 Å². The maximum absolute atomic E-state index is 13.1. The predicted molar refractivity (Wildman–Crippen MR) is 85.9 cm³/mol. The van der Waals surface area contributed by atoms with Crippen molar-refractivity contribution in [2.75, 3.05) is 4.31 Å². The molecule has 22 heavy (non-hydrogen) atoms. The molecule has 5 nitrogen and oxygen atoms in total. The molecule has 0 radical (unpaired) electrons. The van der Waals surface area contributed by atoms with Gasteiger partial charge in [-0.1, -0.05) is 11.6 Å². The topological polar surface area (TPSA) is 55.3 Å². The van der Waals surface area contributed by atoms with E-state index >= 15 is 0 Å². The van der Waals surface area contributed by atoms with Crippen molar-refractivity contribution in [2.45, 2.75) is 31.3 Å². The molecule has 0 saturated heterocycles. The van der Waals surface area contributed by atoms with Gasteiger partial charge in [-0.15, -0.1) is 11.3 Å². The van der Waals surface area contributed by atoms with Crippen LogP contribution in [0.4, 0.5) is 15.0 Å². The van der Waals surface area contributed by atoms with Crippen molar-refractivity contribution in [2.24, 2.45) is 0 Å². The molecular weight excluding hydrogens is 349 g/mol. The number of pyridine rings is 1. The number of thiazole rings is 1. The van der Waals surface area contributed by atoms with Gasteiger partial charge in [0.05, 0.1) is 10.5 Å². The number of carbonyl (C=O) groups is 1. The smallest absolute Gasteiger partial charge is 0.426 e. The van der Waals surface area contributed by atoms with Crippen LogP contribution in [-0.2, 0) is 4.74 Å². The van der Waals surface area contributed by atoms with Gasteiger partial charge in [0.2, 0.25) is 5.95 Å². The quantitative estimate of drug-likeness (QED) is 0.581. The molecule has 0 saturated carbocycles. The molecule has 2 heterocycles. The van der Waals surface area contributed by atoms with Crippen LogP contribution in [-0.4, -0.2) is 21.7 Å². The Morgan fingerprint density at radius 3 is 2.73 bits per heavy atom. The minimum atomic E-state index is -0.761. The standard InChI is InChI=1S/C13H13ClFN3O2S2/c1-13(2,3)20-12(19)18(10-6-21-7-17-10)22-8-4-9(14)11(15)16-5-8/h4-7H,1-3H3. The van der Waals surface area contributed by atoms with Crippen LogP contribution in [0.1, 0.15) is 20.8 Å². The summed E-state index contributed by atoms with van der Waals surface area (Å²) in [7, 11) is 0. The van der Waals surface area contributed by atoms with Crippen LogP contribution in [0, 0.1) is 5.95 Å². The molecule has 2 aromatic rings. The first-order chi connectivity index (χ1) is 10.3. The monoisotopic (exact) mass is 361 g/mol. The third kappa shape index (κ3) is 4.56. The molecule has 2 aromatic heterocycles. The molecule has 118 valence electrons. The zero-order chi connectivity index (χ0) is 16.3. The van der Waals surface area contributed by atoms with Crippen LogP contribution >= 0.6 is 34.9 Å². The first-order valence-corrected chi connectivity index (χ1v) is 8.26. The van der Waals surface area contributed by atoms with Gasteiger partial charge in [-0.3, -0.25) is 0 Å². The fourth-order valence-electron chi connectivity index (χ4n) is 1.35. The van der Waals surface area contributed by atoms with E-state index in [4.69, 9.17) is 16.3 Å². The molecule has 0 aliphatic carbocycles. The lowest BCUT2D eigenvalue weighted by Crippen LogP contribution is -2.32. The highest BCUT2D eigenvalue weighted by atomic mass is 35.5. The third-order valence-corrected chi connectivity index (χ3v) is 3.95. The van der Waals surface area contributed by atoms with Crippen LogP contribution < -0.4 is 4.31 Å². The van der Waals surface area contributed by atoms with Crippen molar-refractivity contribution in [3.63, 3.8) is 0 Å². The second-order valence-corrected chi connectivity index (χ2v) is 7.30. The summed E-state index contributed by atoms with van der Waals surface area (Å²) in [5.74, 6) is -0.340. The van der Waals surface area contributed by atoms with Gasteiger partial charge in [-0.2, -0.15) is 8.70 Å². The molecule has 0 fully saturated rings. The molecule has 0 atom stereocenters. The maximum atomic E-state index is 13.1. The number of nitrogens with zero attached hydrogens (tertiary/aromatic N) is 3. The zero-order valence-corrected chi connectivity index (χ0v) is 14.4. The van der Waals surface area contributed by atoms with E-state index in [1.807, 2.05) is 0 Å². The summed E-state index contributed by atoms with van der Waals surface area (Å²) in [6.45, 7) is 5.31. The first kappa shape index (κ1) is 17.0. The van der Waals surface area contributed by atoms with Crippen LogP contribution in [0.3, 0.4) is 0 Å². The van der Waals surface area contributed by atoms with Gasteiger partial charge in [0.25, 0.3) is 0 Å². The lowest BCUT2D eigenvalue weighted by molar-refractivity contribution is 0.0611. The zero-order valence-electron chi connectivity index (χ0n) is 12.0. The second-order valence-electron chi connectivity index (χ2n) is 5.16. The Morgan fingerprint density at radius 1 is 1.45 bits per heavy atom. The Bertz CT molecular complexity index is 662. The molecule has 9 heteroatoms. The molecule has 0 aliphatic rings. The van der Waals surface area contributed by atoms with Crippen molar-refractivity contribution < 1.29 is 13.9 Å². The Hall–Kier alpha value is -1.38. The van der Waals surface area contributed by atoms with Crippen molar-refractivity contribution in [1.29, 1.82) is 0 Å². The summed E-state index contributed by atoms with van der Waals surface area (Å²) in [6.07, 6.45) is 0.708. The van der Waals surface area contributed by atoms with Gasteiger partial charge < -0.3 is 4.74 Å². The third-order valence-electron chi connectivity index (χ3n) is 2.15. The lowest BCUT2D eigenvalue weighted by atomic mass is 10.2. The van der Waals surface area contributed by atoms with E-state index in [0.29, 0.717) is 10.7 Å². The normalized spacial score (nSPS) is 11.3. The second kappa shape index (κ2) is 6.80. The fourth-order valence-corrected chi connectivity index (χ4v) is 2.95. The van der Waals surface area contributed by atoms with E-state index in [1.54, 1.807) is 31.7 Å². The Balaban J connectivity index is 2.25. The number of hydrogen-bond acceptors (Lipinski definition) is 6. The number of hydrogen-bond donors (Lipinski definition) is 0. The number of aromatic nitrogens is 2. The van der Waals surface area contributed by atoms with Crippen LogP contribution in [0.2, 0.25) is 5.02 Å². The first-order valence-electron chi connectivity index (χ1n) is 6.16. The van der Waals surface area contributed by atoms with Gasteiger partial charge in [0, 0.05) is 28.4 Å². The predicted octanol–water partition coefficient (Wildman–Crippen LogP) is 4.78. The highest BCUT2D eigenvalue weighted by Crippen LogP contribution is 2.31. The molecule has 0 N–H and O–H groups in total. The summed E-state index contributed by atoms with van der Waals surface area (Å²) in [5.41, 5.74) is 0.952. The molecular formula is C13H13ClFN3O2S2. The Kier molecular flexibility index (Phi) is 5.25. The number of anilines is 1. The van der Waals surface area contributed by atoms with Crippen LogP contribution in [0.5, 0.6) is 0 Å². The van der Waals surface area contributed by atoms with Crippen molar-refractivity contribution in [3.05, 3.63) is 34.1 Å². The Labute approximate surface area is 140 Å². The number of halogens is 2. The minimum Gasteiger partial charge on any atom is -0.443 e. The fraction of sp³-hybridized carbons (Fsp3) is 0.308. The largest absolute Gasteiger partial charge is 0.443 e. The van der Waals surface area contributed by atoms with E-state index in [0.717, 1.165) is 11.9 Å². The van der Waals surface area contributed by atoms with Crippen molar-refractivity contribution in [3.8, 4) is 0 Å². The summed E-state index contributed by atoms with van der Waals surface area (Å²) in [5, 5.41) is 1.59. The van der Waals surface area contributed by atoms with E-state index in [2.05, 4.69) is 9.97 Å². The minimum absolute atomic E-state index is 0.118. The molecule has 0 spiro atoms. The number of ether oxygens (including phenoxy) is 1. The summed E-state index contributed by atoms with van der Waals surface area (Å²) in [6, 6.07) is 1.39. The number of amides is 1. The molecule has 0 aliphatic heterocycles. The number of rotatable bonds is 3. The summed E-state index contributed by atoms with van der Waals surface area (Å²) < 4.78 is 19.7.